The predicted molar refractivity (Wildman–Crippen MR) is 133 cm³/mol. The Bertz CT molecular complexity index is 1230. The van der Waals surface area contributed by atoms with Crippen LogP contribution in [0.1, 0.15) is 32.2 Å². The number of hydrogen-bond acceptors (Lipinski definition) is 5. The number of carbonyl (C=O) groups excluding carboxylic acids is 1. The van der Waals surface area contributed by atoms with E-state index in [1.807, 2.05) is 42.5 Å². The van der Waals surface area contributed by atoms with Crippen molar-refractivity contribution in [3.8, 4) is 0 Å². The Hall–Kier alpha value is -2.90. The zero-order valence-corrected chi connectivity index (χ0v) is 23.1. The molecule has 2 aliphatic rings. The van der Waals surface area contributed by atoms with Gasteiger partial charge in [0.1, 0.15) is 0 Å². The standard InChI is InChI=1S/C24H23BrN5O2.Zn/c1-14-5-6-15(28-14)11-16-7-8-17(29-16)12-18-9-10-20(30-18)21(25)22(27)19(13-26)23(31)32-24(2,3)4;/h1,5-12H,2-4H3,(H5,26,27,28,29,30,31);/q-1;/p-1. The van der Waals surface area contributed by atoms with Crippen LogP contribution in [0.15, 0.2) is 73.6 Å². The summed E-state index contributed by atoms with van der Waals surface area (Å²) in [5, 5.41) is 0. The second-order valence-electron chi connectivity index (χ2n) is 8.12. The van der Waals surface area contributed by atoms with E-state index in [-0.39, 0.29) is 11.3 Å². The molecule has 0 amide bonds. The molecule has 0 aromatic carbocycles. The summed E-state index contributed by atoms with van der Waals surface area (Å²) >= 11 is 4.43. The van der Waals surface area contributed by atoms with Gasteiger partial charge in [-0.1, -0.05) is 15.9 Å². The van der Waals surface area contributed by atoms with Gasteiger partial charge in [0.25, 0.3) is 0 Å². The number of rotatable bonds is 6. The molecule has 0 aliphatic carbocycles. The van der Waals surface area contributed by atoms with E-state index in [2.05, 4.69) is 41.7 Å². The summed E-state index contributed by atoms with van der Waals surface area (Å²) in [4.78, 5) is 24.7. The molecule has 3 heterocycles. The Morgan fingerprint density at radius 1 is 1.15 bits per heavy atom. The molecule has 0 fully saturated rings. The van der Waals surface area contributed by atoms with Crippen LogP contribution in [0.3, 0.4) is 0 Å². The van der Waals surface area contributed by atoms with Crippen LogP contribution in [0.4, 0.5) is 0 Å². The van der Waals surface area contributed by atoms with Gasteiger partial charge < -0.3 is 21.0 Å². The number of aliphatic imine (C=N–C) groups is 2. The number of nitrogens with two attached hydrogens (primary N) is 1. The molecule has 0 bridgehead atoms. The van der Waals surface area contributed by atoms with Crippen molar-refractivity contribution >= 4 is 50.1 Å². The minimum absolute atomic E-state index is 0.151. The van der Waals surface area contributed by atoms with Crippen molar-refractivity contribution in [3.63, 3.8) is 0 Å². The first-order chi connectivity index (χ1) is 15.6. The number of carbonyl (C=O) groups is 1. The van der Waals surface area contributed by atoms with Crippen molar-refractivity contribution in [1.82, 2.24) is 4.98 Å². The van der Waals surface area contributed by atoms with Gasteiger partial charge in [0.05, 0.1) is 5.60 Å². The molecule has 0 unspecified atom stereocenters. The molecular formula is C24H22BrN5O2Zn-2. The van der Waals surface area contributed by atoms with Crippen molar-refractivity contribution < 1.29 is 27.4 Å². The number of nitrogens with one attached hydrogen (secondary N) is 2. The Kier molecular flexibility index (Phi) is 7.77. The van der Waals surface area contributed by atoms with Crippen molar-refractivity contribution in [2.24, 2.45) is 15.7 Å². The Morgan fingerprint density at radius 3 is 2.30 bits per heavy atom. The van der Waals surface area contributed by atoms with Gasteiger partial charge in [0, 0.05) is 0 Å². The third-order valence-corrected chi connectivity index (χ3v) is 6.01. The molecule has 33 heavy (non-hydrogen) atoms. The van der Waals surface area contributed by atoms with Gasteiger partial charge in [-0.25, -0.2) is 5.70 Å². The Balaban J connectivity index is 1.78. The summed E-state index contributed by atoms with van der Waals surface area (Å²) < 4.78 is 7.70. The normalized spacial score (nSPS) is 19.2. The SMILES string of the molecule is CC(C)(C)OC(=O)C(=[C-]N)/C([NH-])=C(\Br)C1=NC(=Cc2ccc(C=C3C=CC([CH]=[Zn])=N3)[nH]2)C=C1. The molecule has 0 saturated carbocycles. The molecule has 0 saturated heterocycles. The number of ether oxygens (including phenoxy) is 1. The molecule has 3 rings (SSSR count). The number of hydrogen-bond donors (Lipinski definition) is 2. The maximum atomic E-state index is 12.4. The maximum absolute atomic E-state index is 12.4. The minimum atomic E-state index is -0.717. The van der Waals surface area contributed by atoms with E-state index in [1.54, 1.807) is 26.8 Å². The second kappa shape index (κ2) is 10.4. The van der Waals surface area contributed by atoms with Crippen molar-refractivity contribution in [3.05, 3.63) is 86.9 Å². The fourth-order valence-electron chi connectivity index (χ4n) is 2.89. The van der Waals surface area contributed by atoms with E-state index < -0.39 is 11.6 Å². The monoisotopic (exact) mass is 555 g/mol. The Morgan fingerprint density at radius 2 is 1.76 bits per heavy atom. The number of esters is 1. The predicted octanol–water partition coefficient (Wildman–Crippen LogP) is 4.71. The van der Waals surface area contributed by atoms with Gasteiger partial charge in [-0.15, -0.1) is 11.8 Å². The molecule has 9 heteroatoms. The van der Waals surface area contributed by atoms with E-state index in [1.165, 1.54) is 0 Å². The van der Waals surface area contributed by atoms with Crippen LogP contribution in [0, 0.1) is 6.20 Å². The van der Waals surface area contributed by atoms with Gasteiger partial charge >= 0.3 is 120 Å². The summed E-state index contributed by atoms with van der Waals surface area (Å²) in [5.74, 6) is -0.717. The van der Waals surface area contributed by atoms with E-state index in [0.29, 0.717) is 15.9 Å². The van der Waals surface area contributed by atoms with Gasteiger partial charge in [-0.2, -0.15) is 0 Å². The van der Waals surface area contributed by atoms with Crippen LogP contribution in [-0.2, 0) is 27.4 Å². The molecule has 1 aromatic rings. The average molecular weight is 558 g/mol. The molecule has 2 aliphatic heterocycles. The van der Waals surface area contributed by atoms with Gasteiger partial charge in [-0.3, -0.25) is 0 Å². The number of nitrogens with zero attached hydrogens (tertiary/aromatic N) is 2. The van der Waals surface area contributed by atoms with Crippen molar-refractivity contribution in [1.29, 1.82) is 0 Å². The van der Waals surface area contributed by atoms with E-state index in [0.717, 1.165) is 40.6 Å². The number of H-pyrrole nitrogens is 1. The fraction of sp³-hybridized carbons (Fsp3) is 0.167. The third kappa shape index (κ3) is 6.56. The van der Waals surface area contributed by atoms with Crippen LogP contribution in [0.25, 0.3) is 17.9 Å². The third-order valence-electron chi connectivity index (χ3n) is 4.33. The van der Waals surface area contributed by atoms with E-state index in [4.69, 9.17) is 16.2 Å². The quantitative estimate of drug-likeness (QED) is 0.132. The molecule has 0 radical (unpaired) electrons. The first-order valence-corrected chi connectivity index (χ1v) is 12.6. The topological polar surface area (TPSA) is 117 Å². The molecule has 0 atom stereocenters. The first-order valence-electron chi connectivity index (χ1n) is 10.1. The van der Waals surface area contributed by atoms with Crippen LogP contribution < -0.4 is 5.73 Å². The van der Waals surface area contributed by atoms with Crippen LogP contribution in [-0.4, -0.2) is 32.6 Å². The number of allylic oxidation sites excluding steroid dienone is 5. The summed E-state index contributed by atoms with van der Waals surface area (Å²) in [6, 6.07) is 3.93. The molecule has 4 N–H and O–H groups in total. The number of halogens is 1. The summed E-state index contributed by atoms with van der Waals surface area (Å²) in [5.41, 5.74) is 17.7. The fourth-order valence-corrected chi connectivity index (χ4v) is 3.78. The molecular weight excluding hydrogens is 536 g/mol. The second-order valence-corrected chi connectivity index (χ2v) is 9.77. The zero-order chi connectivity index (χ0) is 24.2. The molecule has 166 valence electrons. The van der Waals surface area contributed by atoms with Crippen molar-refractivity contribution in [2.45, 2.75) is 26.4 Å². The summed E-state index contributed by atoms with van der Waals surface area (Å²) in [6.07, 6.45) is 13.7. The van der Waals surface area contributed by atoms with Gasteiger partial charge in [0.15, 0.2) is 0 Å². The zero-order valence-electron chi connectivity index (χ0n) is 18.6. The number of aromatic amines is 1. The molecule has 7 nitrogen and oxygen atoms in total. The summed E-state index contributed by atoms with van der Waals surface area (Å²) in [6.45, 7) is 5.22. The Labute approximate surface area is 210 Å². The van der Waals surface area contributed by atoms with Crippen LogP contribution >= 0.6 is 15.9 Å². The summed E-state index contributed by atoms with van der Waals surface area (Å²) in [7, 11) is 0. The van der Waals surface area contributed by atoms with Crippen molar-refractivity contribution in [2.75, 3.05) is 0 Å². The van der Waals surface area contributed by atoms with Gasteiger partial charge in [-0.05, 0) is 25.3 Å². The average Bonchev–Trinajstić information content (AvgIpc) is 3.49. The first kappa shape index (κ1) is 24.7. The molecule has 1 aromatic heterocycles. The van der Waals surface area contributed by atoms with Crippen LogP contribution in [0.5, 0.6) is 0 Å². The number of aromatic nitrogens is 1. The van der Waals surface area contributed by atoms with Gasteiger partial charge in [0.2, 0.25) is 5.97 Å². The molecule has 0 spiro atoms. The van der Waals surface area contributed by atoms with E-state index >= 15 is 0 Å². The van der Waals surface area contributed by atoms with E-state index in [9.17, 15) is 4.79 Å². The van der Waals surface area contributed by atoms with Crippen LogP contribution in [0.2, 0.25) is 0 Å².